The van der Waals surface area contributed by atoms with Gasteiger partial charge in [0.05, 0.1) is 104 Å². The van der Waals surface area contributed by atoms with Gasteiger partial charge >= 0.3 is 47.8 Å². The van der Waals surface area contributed by atoms with E-state index in [9.17, 15) is 38.4 Å². The lowest BCUT2D eigenvalue weighted by Crippen LogP contribution is -2.27. The number of hydrogen-bond acceptors (Lipinski definition) is 16. The molecule has 0 N–H and O–H groups in total. The predicted octanol–water partition coefficient (Wildman–Crippen LogP) is 4.45. The smallest absolute Gasteiger partial charge is 0.337 e. The Hall–Kier alpha value is -5.28. The fraction of sp³-hybridized carbons (Fsp3) is 0.600. The first-order valence-corrected chi connectivity index (χ1v) is 18.2. The SMILES string of the molecule is COC(=O)C1C=CC(C(=O)OC)CC1.COC(=O)C1CCC(C(=O)OC)CC1.COC(=O)C1CCC(C(=O)OC)CC1.COC(=O)c1ccc(C(=O)OC)cc1. The summed E-state index contributed by atoms with van der Waals surface area (Å²) in [6, 6.07) is 6.05. The van der Waals surface area contributed by atoms with Gasteiger partial charge < -0.3 is 37.9 Å². The average Bonchev–Trinajstić information content (AvgIpc) is 3.27. The maximum absolute atomic E-state index is 11.2. The highest BCUT2D eigenvalue weighted by Gasteiger charge is 2.32. The summed E-state index contributed by atoms with van der Waals surface area (Å²) in [6.07, 6.45) is 10.6. The third-order valence-electron chi connectivity index (χ3n) is 9.69. The Morgan fingerprint density at radius 3 is 0.714 bits per heavy atom. The van der Waals surface area contributed by atoms with Crippen molar-refractivity contribution in [1.29, 1.82) is 0 Å². The van der Waals surface area contributed by atoms with Crippen LogP contribution >= 0.6 is 0 Å². The molecule has 56 heavy (non-hydrogen) atoms. The summed E-state index contributed by atoms with van der Waals surface area (Å²) in [6.45, 7) is 0. The van der Waals surface area contributed by atoms with Crippen LogP contribution in [-0.4, -0.2) is 105 Å². The molecule has 2 saturated carbocycles. The minimum atomic E-state index is -0.429. The summed E-state index contributed by atoms with van der Waals surface area (Å²) in [5.74, 6) is -2.51. The fourth-order valence-electron chi connectivity index (χ4n) is 6.29. The highest BCUT2D eigenvalue weighted by molar-refractivity contribution is 5.93. The molecular formula is C40H56O16. The zero-order valence-electron chi connectivity index (χ0n) is 33.5. The molecule has 3 aliphatic rings. The Morgan fingerprint density at radius 2 is 0.554 bits per heavy atom. The quantitative estimate of drug-likeness (QED) is 0.202. The van der Waals surface area contributed by atoms with E-state index >= 15 is 0 Å². The summed E-state index contributed by atoms with van der Waals surface area (Å²) in [7, 11) is 10.9. The molecule has 0 radical (unpaired) electrons. The number of rotatable bonds is 8. The van der Waals surface area contributed by atoms with Gasteiger partial charge in [0.1, 0.15) is 0 Å². The van der Waals surface area contributed by atoms with Crippen molar-refractivity contribution in [2.45, 2.75) is 64.2 Å². The molecule has 0 spiro atoms. The standard InChI is InChI=1S/2C10H16O4.C10H14O4.C10H10O4/c4*1-13-9(11)7-3-5-8(6-4-7)10(12)14-2/h2*7-8H,3-6H2,1-2H3;3,5,7-8H,4,6H2,1-2H3;3-6H,1-2H3. The van der Waals surface area contributed by atoms with Crippen LogP contribution in [0.2, 0.25) is 0 Å². The number of carbonyl (C=O) groups is 8. The van der Waals surface area contributed by atoms with Crippen LogP contribution in [0.5, 0.6) is 0 Å². The number of methoxy groups -OCH3 is 8. The zero-order chi connectivity index (χ0) is 42.2. The van der Waals surface area contributed by atoms with Gasteiger partial charge in [0.15, 0.2) is 0 Å². The summed E-state index contributed by atoms with van der Waals surface area (Å²) in [4.78, 5) is 89.0. The minimum absolute atomic E-state index is 0.0269. The van der Waals surface area contributed by atoms with Gasteiger partial charge in [-0.1, -0.05) is 12.2 Å². The molecule has 0 heterocycles. The Labute approximate surface area is 327 Å². The van der Waals surface area contributed by atoms with E-state index in [4.69, 9.17) is 0 Å². The summed E-state index contributed by atoms with van der Waals surface area (Å²) in [5.41, 5.74) is 0.806. The molecule has 0 aliphatic heterocycles. The van der Waals surface area contributed by atoms with Crippen LogP contribution in [0.15, 0.2) is 36.4 Å². The van der Waals surface area contributed by atoms with Crippen molar-refractivity contribution in [2.24, 2.45) is 35.5 Å². The van der Waals surface area contributed by atoms with Crippen LogP contribution < -0.4 is 0 Å². The second-order valence-corrected chi connectivity index (χ2v) is 13.0. The first kappa shape index (κ1) is 48.7. The minimum Gasteiger partial charge on any atom is -0.469 e. The van der Waals surface area contributed by atoms with Gasteiger partial charge in [-0.15, -0.1) is 0 Å². The molecule has 2 atom stereocenters. The van der Waals surface area contributed by atoms with Crippen LogP contribution in [0.4, 0.5) is 0 Å². The van der Waals surface area contributed by atoms with Gasteiger partial charge in [0, 0.05) is 0 Å². The van der Waals surface area contributed by atoms with E-state index in [-0.39, 0.29) is 71.3 Å². The van der Waals surface area contributed by atoms with Crippen LogP contribution in [0.1, 0.15) is 84.9 Å². The van der Waals surface area contributed by atoms with E-state index in [2.05, 4.69) is 37.9 Å². The third-order valence-corrected chi connectivity index (χ3v) is 9.69. The van der Waals surface area contributed by atoms with Crippen molar-refractivity contribution in [3.8, 4) is 0 Å². The Kier molecular flexibility index (Phi) is 23.1. The van der Waals surface area contributed by atoms with E-state index in [1.165, 1.54) is 81.1 Å². The van der Waals surface area contributed by atoms with Crippen molar-refractivity contribution >= 4 is 47.8 Å². The lowest BCUT2D eigenvalue weighted by atomic mass is 9.82. The van der Waals surface area contributed by atoms with Crippen LogP contribution in [0.25, 0.3) is 0 Å². The topological polar surface area (TPSA) is 210 Å². The van der Waals surface area contributed by atoms with E-state index in [1.807, 2.05) is 0 Å². The number of hydrogen-bond donors (Lipinski definition) is 0. The van der Waals surface area contributed by atoms with E-state index < -0.39 is 11.9 Å². The van der Waals surface area contributed by atoms with Gasteiger partial charge in [-0.2, -0.15) is 0 Å². The number of esters is 8. The Morgan fingerprint density at radius 1 is 0.339 bits per heavy atom. The van der Waals surface area contributed by atoms with Crippen LogP contribution in [0.3, 0.4) is 0 Å². The van der Waals surface area contributed by atoms with E-state index in [0.29, 0.717) is 24.0 Å². The average molecular weight is 793 g/mol. The molecule has 16 nitrogen and oxygen atoms in total. The molecule has 0 saturated heterocycles. The van der Waals surface area contributed by atoms with Crippen molar-refractivity contribution in [3.63, 3.8) is 0 Å². The summed E-state index contributed by atoms with van der Waals surface area (Å²) in [5, 5.41) is 0. The van der Waals surface area contributed by atoms with E-state index in [1.54, 1.807) is 12.2 Å². The molecule has 2 fully saturated rings. The second-order valence-electron chi connectivity index (χ2n) is 13.0. The largest absolute Gasteiger partial charge is 0.469 e. The maximum atomic E-state index is 11.2. The number of ether oxygens (including phenoxy) is 8. The molecule has 3 aliphatic carbocycles. The molecular weight excluding hydrogens is 736 g/mol. The van der Waals surface area contributed by atoms with E-state index in [0.717, 1.165) is 51.4 Å². The molecule has 0 amide bonds. The van der Waals surface area contributed by atoms with Gasteiger partial charge in [-0.3, -0.25) is 28.8 Å². The van der Waals surface area contributed by atoms with Crippen molar-refractivity contribution in [2.75, 3.05) is 56.9 Å². The maximum Gasteiger partial charge on any atom is 0.337 e. The molecule has 16 heteroatoms. The normalized spacial score (nSPS) is 22.1. The van der Waals surface area contributed by atoms with Gasteiger partial charge in [0.2, 0.25) is 0 Å². The zero-order valence-corrected chi connectivity index (χ0v) is 33.5. The lowest BCUT2D eigenvalue weighted by molar-refractivity contribution is -0.151. The lowest BCUT2D eigenvalue weighted by Gasteiger charge is -2.24. The van der Waals surface area contributed by atoms with Crippen molar-refractivity contribution in [3.05, 3.63) is 47.5 Å². The Balaban J connectivity index is 0.000000373. The molecule has 2 unspecified atom stereocenters. The molecule has 0 aromatic heterocycles. The fourth-order valence-corrected chi connectivity index (χ4v) is 6.29. The van der Waals surface area contributed by atoms with Gasteiger partial charge in [-0.05, 0) is 88.5 Å². The molecule has 312 valence electrons. The van der Waals surface area contributed by atoms with Crippen LogP contribution in [-0.2, 0) is 66.7 Å². The first-order valence-electron chi connectivity index (χ1n) is 18.2. The molecule has 1 aromatic carbocycles. The van der Waals surface area contributed by atoms with Gasteiger partial charge in [-0.25, -0.2) is 9.59 Å². The monoisotopic (exact) mass is 792 g/mol. The van der Waals surface area contributed by atoms with Crippen molar-refractivity contribution < 1.29 is 76.3 Å². The molecule has 4 rings (SSSR count). The Bertz CT molecular complexity index is 1310. The number of benzene rings is 1. The molecule has 0 bridgehead atoms. The number of carbonyl (C=O) groups excluding carboxylic acids is 8. The second kappa shape index (κ2) is 26.5. The highest BCUT2D eigenvalue weighted by atomic mass is 16.5. The molecule has 1 aromatic rings. The highest BCUT2D eigenvalue weighted by Crippen LogP contribution is 2.31. The van der Waals surface area contributed by atoms with Crippen LogP contribution in [0, 0.1) is 35.5 Å². The first-order chi connectivity index (χ1) is 26.7. The summed E-state index contributed by atoms with van der Waals surface area (Å²) >= 11 is 0. The summed E-state index contributed by atoms with van der Waals surface area (Å²) < 4.78 is 36.9. The predicted molar refractivity (Wildman–Crippen MR) is 197 cm³/mol. The van der Waals surface area contributed by atoms with Crippen molar-refractivity contribution in [1.82, 2.24) is 0 Å². The van der Waals surface area contributed by atoms with Gasteiger partial charge in [0.25, 0.3) is 0 Å². The third kappa shape index (κ3) is 16.2.